The number of benzene rings is 2. The third-order valence-corrected chi connectivity index (χ3v) is 4.71. The average Bonchev–Trinajstić information content (AvgIpc) is 3.31. The monoisotopic (exact) mass is 332 g/mol. The third-order valence-electron chi connectivity index (χ3n) is 4.71. The van der Waals surface area contributed by atoms with Crippen LogP contribution in [0.5, 0.6) is 0 Å². The molecule has 1 aliphatic rings. The Balaban J connectivity index is 1.46. The van der Waals surface area contributed by atoms with Crippen LogP contribution in [0.4, 0.5) is 0 Å². The quantitative estimate of drug-likeness (QED) is 0.755. The minimum atomic E-state index is -0.118. The Hall–Kier alpha value is -2.95. The van der Waals surface area contributed by atoms with E-state index in [0.29, 0.717) is 12.5 Å². The summed E-state index contributed by atoms with van der Waals surface area (Å²) in [5.41, 5.74) is 2.32. The van der Waals surface area contributed by atoms with E-state index in [2.05, 4.69) is 27.5 Å². The van der Waals surface area contributed by atoms with Crippen LogP contribution in [0.25, 0.3) is 0 Å². The van der Waals surface area contributed by atoms with Crippen molar-refractivity contribution in [2.75, 3.05) is 0 Å². The molecule has 0 aliphatic heterocycles. The van der Waals surface area contributed by atoms with Crippen LogP contribution in [-0.2, 0) is 11.3 Å². The van der Waals surface area contributed by atoms with Gasteiger partial charge in [-0.25, -0.2) is 4.98 Å². The van der Waals surface area contributed by atoms with Gasteiger partial charge in [0.2, 0.25) is 5.91 Å². The first-order valence-corrected chi connectivity index (χ1v) is 8.54. The minimum absolute atomic E-state index is 0.0596. The summed E-state index contributed by atoms with van der Waals surface area (Å²) in [6.07, 6.45) is 4.10. The SMILES string of the molecule is O=C(N[C@H](Cn1cncn1)c1ccccc1)[C@H]1C[C@@H]1c1ccccc1. The van der Waals surface area contributed by atoms with Crippen molar-refractivity contribution < 1.29 is 4.79 Å². The van der Waals surface area contributed by atoms with E-state index < -0.39 is 0 Å². The van der Waals surface area contributed by atoms with E-state index in [1.165, 1.54) is 11.9 Å². The molecule has 4 rings (SSSR count). The molecule has 1 saturated carbocycles. The molecule has 0 unspecified atom stereocenters. The topological polar surface area (TPSA) is 59.8 Å². The molecule has 1 N–H and O–H groups in total. The second kappa shape index (κ2) is 6.89. The molecule has 1 aromatic heterocycles. The second-order valence-electron chi connectivity index (χ2n) is 6.45. The smallest absolute Gasteiger partial charge is 0.224 e. The summed E-state index contributed by atoms with van der Waals surface area (Å²) in [6.45, 7) is 0.568. The van der Waals surface area contributed by atoms with Crippen LogP contribution in [-0.4, -0.2) is 20.7 Å². The van der Waals surface area contributed by atoms with Gasteiger partial charge in [0.1, 0.15) is 12.7 Å². The highest BCUT2D eigenvalue weighted by atomic mass is 16.2. The average molecular weight is 332 g/mol. The maximum absolute atomic E-state index is 12.7. The summed E-state index contributed by atoms with van der Waals surface area (Å²) in [6, 6.07) is 20.2. The predicted molar refractivity (Wildman–Crippen MR) is 94.6 cm³/mol. The maximum Gasteiger partial charge on any atom is 0.224 e. The van der Waals surface area contributed by atoms with Crippen LogP contribution >= 0.6 is 0 Å². The molecule has 126 valence electrons. The van der Waals surface area contributed by atoms with Gasteiger partial charge >= 0.3 is 0 Å². The van der Waals surface area contributed by atoms with Crippen LogP contribution in [0.3, 0.4) is 0 Å². The second-order valence-corrected chi connectivity index (χ2v) is 6.45. The fraction of sp³-hybridized carbons (Fsp3) is 0.250. The molecule has 0 saturated heterocycles. The summed E-state index contributed by atoms with van der Waals surface area (Å²) in [5, 5.41) is 7.37. The van der Waals surface area contributed by atoms with Gasteiger partial charge in [0.25, 0.3) is 0 Å². The molecule has 5 nitrogen and oxygen atoms in total. The van der Waals surface area contributed by atoms with Crippen LogP contribution in [0.15, 0.2) is 73.3 Å². The van der Waals surface area contributed by atoms with Crippen LogP contribution in [0.2, 0.25) is 0 Å². The van der Waals surface area contributed by atoms with E-state index in [1.54, 1.807) is 11.0 Å². The molecular formula is C20H20N4O. The molecule has 3 atom stereocenters. The van der Waals surface area contributed by atoms with E-state index in [9.17, 15) is 4.79 Å². The van der Waals surface area contributed by atoms with E-state index in [4.69, 9.17) is 0 Å². The first-order valence-electron chi connectivity index (χ1n) is 8.54. The van der Waals surface area contributed by atoms with Crippen molar-refractivity contribution in [3.8, 4) is 0 Å². The fourth-order valence-electron chi connectivity index (χ4n) is 3.27. The number of aromatic nitrogens is 3. The van der Waals surface area contributed by atoms with Gasteiger partial charge in [-0.1, -0.05) is 60.7 Å². The molecular weight excluding hydrogens is 312 g/mol. The van der Waals surface area contributed by atoms with E-state index in [-0.39, 0.29) is 17.9 Å². The van der Waals surface area contributed by atoms with E-state index >= 15 is 0 Å². The number of hydrogen-bond acceptors (Lipinski definition) is 3. The molecule has 5 heteroatoms. The van der Waals surface area contributed by atoms with E-state index in [0.717, 1.165) is 12.0 Å². The molecule has 0 bridgehead atoms. The number of carbonyl (C=O) groups is 1. The fourth-order valence-corrected chi connectivity index (χ4v) is 3.27. The standard InChI is InChI=1S/C20H20N4O/c25-20(18-11-17(18)15-7-3-1-4-8-15)23-19(12-24-14-21-13-22-24)16-9-5-2-6-10-16/h1-10,13-14,17-19H,11-12H2,(H,23,25)/t17-,18+,19-/m1/s1. The Bertz CT molecular complexity index is 817. The van der Waals surface area contributed by atoms with Gasteiger partial charge in [-0.3, -0.25) is 9.48 Å². The highest BCUT2D eigenvalue weighted by molar-refractivity contribution is 5.83. The molecule has 1 heterocycles. The van der Waals surface area contributed by atoms with Crippen LogP contribution in [0.1, 0.15) is 29.5 Å². The molecule has 3 aromatic rings. The van der Waals surface area contributed by atoms with Gasteiger partial charge in [-0.05, 0) is 23.5 Å². The number of nitrogens with one attached hydrogen (secondary N) is 1. The molecule has 1 aliphatic carbocycles. The summed E-state index contributed by atoms with van der Waals surface area (Å²) in [4.78, 5) is 16.7. The highest BCUT2D eigenvalue weighted by Gasteiger charge is 2.44. The highest BCUT2D eigenvalue weighted by Crippen LogP contribution is 2.47. The number of hydrogen-bond donors (Lipinski definition) is 1. The summed E-state index contributed by atoms with van der Waals surface area (Å²) < 4.78 is 1.75. The Kier molecular flexibility index (Phi) is 4.29. The Morgan fingerprint density at radius 1 is 1.12 bits per heavy atom. The maximum atomic E-state index is 12.7. The van der Waals surface area contributed by atoms with Crippen molar-refractivity contribution in [2.45, 2.75) is 24.9 Å². The lowest BCUT2D eigenvalue weighted by atomic mass is 10.1. The van der Waals surface area contributed by atoms with E-state index in [1.807, 2.05) is 48.5 Å². The van der Waals surface area contributed by atoms with Crippen molar-refractivity contribution in [1.29, 1.82) is 0 Å². The Morgan fingerprint density at radius 3 is 2.52 bits per heavy atom. The zero-order valence-corrected chi connectivity index (χ0v) is 13.8. The molecule has 2 aromatic carbocycles. The normalized spacial score (nSPS) is 20.0. The summed E-state index contributed by atoms with van der Waals surface area (Å²) >= 11 is 0. The lowest BCUT2D eigenvalue weighted by molar-refractivity contribution is -0.123. The number of carbonyl (C=O) groups excluding carboxylic acids is 1. The van der Waals surface area contributed by atoms with Crippen molar-refractivity contribution >= 4 is 5.91 Å². The zero-order valence-electron chi connectivity index (χ0n) is 13.8. The number of rotatable bonds is 6. The third kappa shape index (κ3) is 3.60. The van der Waals surface area contributed by atoms with Crippen molar-refractivity contribution in [3.63, 3.8) is 0 Å². The molecule has 0 radical (unpaired) electrons. The lowest BCUT2D eigenvalue weighted by Gasteiger charge is -2.19. The van der Waals surface area contributed by atoms with Crippen LogP contribution < -0.4 is 5.32 Å². The van der Waals surface area contributed by atoms with Gasteiger partial charge in [-0.15, -0.1) is 0 Å². The zero-order chi connectivity index (χ0) is 17.1. The number of nitrogens with zero attached hydrogens (tertiary/aromatic N) is 3. The first kappa shape index (κ1) is 15.6. The minimum Gasteiger partial charge on any atom is -0.347 e. The van der Waals surface area contributed by atoms with Gasteiger partial charge in [0, 0.05) is 5.92 Å². The van der Waals surface area contributed by atoms with Gasteiger partial charge in [0.15, 0.2) is 0 Å². The van der Waals surface area contributed by atoms with Crippen molar-refractivity contribution in [1.82, 2.24) is 20.1 Å². The van der Waals surface area contributed by atoms with Crippen molar-refractivity contribution in [3.05, 3.63) is 84.4 Å². The first-order chi connectivity index (χ1) is 12.3. The summed E-state index contributed by atoms with van der Waals surface area (Å²) in [7, 11) is 0. The summed E-state index contributed by atoms with van der Waals surface area (Å²) in [5.74, 6) is 0.510. The molecule has 1 fully saturated rings. The van der Waals surface area contributed by atoms with Gasteiger partial charge < -0.3 is 5.32 Å². The van der Waals surface area contributed by atoms with Gasteiger partial charge in [0.05, 0.1) is 12.6 Å². The molecule has 25 heavy (non-hydrogen) atoms. The predicted octanol–water partition coefficient (Wildman–Crippen LogP) is 2.94. The molecule has 0 spiro atoms. The largest absolute Gasteiger partial charge is 0.347 e. The number of amides is 1. The van der Waals surface area contributed by atoms with Crippen LogP contribution in [0, 0.1) is 5.92 Å². The Morgan fingerprint density at radius 2 is 1.84 bits per heavy atom. The Labute approximate surface area is 146 Å². The molecule has 1 amide bonds. The van der Waals surface area contributed by atoms with Crippen molar-refractivity contribution in [2.24, 2.45) is 5.92 Å². The van der Waals surface area contributed by atoms with Gasteiger partial charge in [-0.2, -0.15) is 5.10 Å². The lowest BCUT2D eigenvalue weighted by Crippen LogP contribution is -2.33.